The maximum Gasteiger partial charge on any atom is 0.135 e. The third kappa shape index (κ3) is 3.70. The monoisotopic (exact) mass is 168 g/mol. The van der Waals surface area contributed by atoms with Gasteiger partial charge in [-0.2, -0.15) is 0 Å². The van der Waals surface area contributed by atoms with E-state index in [4.69, 9.17) is 0 Å². The van der Waals surface area contributed by atoms with Crippen molar-refractivity contribution in [1.29, 1.82) is 0 Å². The molecule has 70 valence electrons. The van der Waals surface area contributed by atoms with Gasteiger partial charge in [0, 0.05) is 12.3 Å². The molecule has 0 bridgehead atoms. The molecule has 0 fully saturated rings. The number of carbonyl (C=O) groups is 1. The van der Waals surface area contributed by atoms with Crippen molar-refractivity contribution in [2.75, 3.05) is 0 Å². The highest BCUT2D eigenvalue weighted by molar-refractivity contribution is 5.80. The van der Waals surface area contributed by atoms with Crippen molar-refractivity contribution in [3.8, 4) is 0 Å². The zero-order chi connectivity index (χ0) is 9.72. The Morgan fingerprint density at radius 1 is 1.25 bits per heavy atom. The molecular weight excluding hydrogens is 148 g/mol. The fourth-order valence-corrected chi connectivity index (χ4v) is 1.13. The van der Waals surface area contributed by atoms with Gasteiger partial charge in [-0.25, -0.2) is 0 Å². The molecule has 1 heteroatoms. The normalized spacial score (nSPS) is 12.4. The van der Waals surface area contributed by atoms with E-state index in [1.807, 2.05) is 13.8 Å². The standard InChI is InChI=1S/C11H20O/c1-6-11(12)10(5)7-9(4)8(2)3/h10H,6-7H2,1-5H3. The van der Waals surface area contributed by atoms with Crippen molar-refractivity contribution in [2.24, 2.45) is 5.92 Å². The lowest BCUT2D eigenvalue weighted by Crippen LogP contribution is -2.09. The quantitative estimate of drug-likeness (QED) is 0.588. The Bertz CT molecular complexity index is 185. The second-order valence-corrected chi connectivity index (χ2v) is 3.71. The molecule has 1 nitrogen and oxygen atoms in total. The van der Waals surface area contributed by atoms with Crippen LogP contribution in [0.4, 0.5) is 0 Å². The summed E-state index contributed by atoms with van der Waals surface area (Å²) >= 11 is 0. The van der Waals surface area contributed by atoms with Crippen LogP contribution in [-0.2, 0) is 4.79 Å². The van der Waals surface area contributed by atoms with Gasteiger partial charge in [0.05, 0.1) is 0 Å². The van der Waals surface area contributed by atoms with E-state index in [-0.39, 0.29) is 5.92 Å². The molecule has 0 heterocycles. The van der Waals surface area contributed by atoms with Crippen LogP contribution in [0.5, 0.6) is 0 Å². The maximum atomic E-state index is 11.2. The number of allylic oxidation sites excluding steroid dienone is 2. The summed E-state index contributed by atoms with van der Waals surface area (Å²) in [6.45, 7) is 10.2. The lowest BCUT2D eigenvalue weighted by molar-refractivity contribution is -0.122. The third-order valence-electron chi connectivity index (χ3n) is 2.36. The summed E-state index contributed by atoms with van der Waals surface area (Å²) < 4.78 is 0. The summed E-state index contributed by atoms with van der Waals surface area (Å²) in [4.78, 5) is 11.2. The van der Waals surface area contributed by atoms with Crippen molar-refractivity contribution >= 4 is 5.78 Å². The summed E-state index contributed by atoms with van der Waals surface area (Å²) in [6, 6.07) is 0. The van der Waals surface area contributed by atoms with E-state index >= 15 is 0 Å². The van der Waals surface area contributed by atoms with E-state index in [9.17, 15) is 4.79 Å². The first kappa shape index (κ1) is 11.4. The highest BCUT2D eigenvalue weighted by Gasteiger charge is 2.10. The van der Waals surface area contributed by atoms with Crippen LogP contribution in [0, 0.1) is 5.92 Å². The average molecular weight is 168 g/mol. The Morgan fingerprint density at radius 2 is 1.75 bits per heavy atom. The summed E-state index contributed by atoms with van der Waals surface area (Å²) in [7, 11) is 0. The lowest BCUT2D eigenvalue weighted by Gasteiger charge is -2.10. The van der Waals surface area contributed by atoms with Crippen LogP contribution in [0.15, 0.2) is 11.1 Å². The van der Waals surface area contributed by atoms with E-state index in [1.165, 1.54) is 11.1 Å². The fourth-order valence-electron chi connectivity index (χ4n) is 1.13. The first-order valence-electron chi connectivity index (χ1n) is 4.64. The van der Waals surface area contributed by atoms with E-state index in [1.54, 1.807) is 0 Å². The maximum absolute atomic E-state index is 11.2. The molecule has 0 aliphatic rings. The van der Waals surface area contributed by atoms with Gasteiger partial charge in [0.25, 0.3) is 0 Å². The summed E-state index contributed by atoms with van der Waals surface area (Å²) in [5.74, 6) is 0.570. The van der Waals surface area contributed by atoms with Crippen LogP contribution in [0.2, 0.25) is 0 Å². The molecule has 0 N–H and O–H groups in total. The zero-order valence-corrected chi connectivity index (χ0v) is 8.90. The fraction of sp³-hybridized carbons (Fsp3) is 0.727. The molecule has 0 aliphatic heterocycles. The topological polar surface area (TPSA) is 17.1 Å². The van der Waals surface area contributed by atoms with Gasteiger partial charge < -0.3 is 0 Å². The highest BCUT2D eigenvalue weighted by atomic mass is 16.1. The molecule has 0 amide bonds. The molecule has 1 atom stereocenters. The number of rotatable bonds is 4. The predicted molar refractivity (Wildman–Crippen MR) is 53.1 cm³/mol. The minimum atomic E-state index is 0.199. The van der Waals surface area contributed by atoms with Crippen LogP contribution in [0.3, 0.4) is 0 Å². The van der Waals surface area contributed by atoms with Crippen molar-refractivity contribution in [1.82, 2.24) is 0 Å². The molecule has 0 aromatic heterocycles. The molecule has 0 aliphatic carbocycles. The van der Waals surface area contributed by atoms with E-state index in [0.29, 0.717) is 12.2 Å². The molecule has 0 aromatic carbocycles. The van der Waals surface area contributed by atoms with Crippen molar-refractivity contribution in [3.63, 3.8) is 0 Å². The van der Waals surface area contributed by atoms with E-state index < -0.39 is 0 Å². The van der Waals surface area contributed by atoms with Gasteiger partial charge in [0.1, 0.15) is 5.78 Å². The second-order valence-electron chi connectivity index (χ2n) is 3.71. The Kier molecular flexibility index (Phi) is 4.87. The second kappa shape index (κ2) is 5.13. The minimum Gasteiger partial charge on any atom is -0.299 e. The zero-order valence-electron chi connectivity index (χ0n) is 8.90. The van der Waals surface area contributed by atoms with E-state index in [2.05, 4.69) is 20.8 Å². The van der Waals surface area contributed by atoms with Crippen molar-refractivity contribution < 1.29 is 4.79 Å². The SMILES string of the molecule is CCC(=O)C(C)CC(C)=C(C)C. The minimum absolute atomic E-state index is 0.199. The van der Waals surface area contributed by atoms with Gasteiger partial charge in [-0.05, 0) is 27.2 Å². The number of hydrogen-bond donors (Lipinski definition) is 0. The molecule has 12 heavy (non-hydrogen) atoms. The first-order valence-corrected chi connectivity index (χ1v) is 4.64. The van der Waals surface area contributed by atoms with Gasteiger partial charge in [0.15, 0.2) is 0 Å². The number of hydrogen-bond acceptors (Lipinski definition) is 1. The molecule has 0 saturated heterocycles. The Labute approximate surface area is 75.9 Å². The van der Waals surface area contributed by atoms with Gasteiger partial charge in [-0.1, -0.05) is 25.0 Å². The van der Waals surface area contributed by atoms with Crippen LogP contribution in [-0.4, -0.2) is 5.78 Å². The van der Waals surface area contributed by atoms with Crippen LogP contribution < -0.4 is 0 Å². The van der Waals surface area contributed by atoms with E-state index in [0.717, 1.165) is 6.42 Å². The lowest BCUT2D eigenvalue weighted by atomic mass is 9.94. The van der Waals surface area contributed by atoms with Crippen molar-refractivity contribution in [3.05, 3.63) is 11.1 Å². The van der Waals surface area contributed by atoms with Gasteiger partial charge >= 0.3 is 0 Å². The Morgan fingerprint density at radius 3 is 2.08 bits per heavy atom. The van der Waals surface area contributed by atoms with Crippen LogP contribution >= 0.6 is 0 Å². The molecule has 0 rings (SSSR count). The molecule has 0 spiro atoms. The number of Topliss-reactive ketones (excluding diaryl/α,β-unsaturated/α-hetero) is 1. The highest BCUT2D eigenvalue weighted by Crippen LogP contribution is 2.16. The Balaban J connectivity index is 4.10. The third-order valence-corrected chi connectivity index (χ3v) is 2.36. The van der Waals surface area contributed by atoms with Gasteiger partial charge in [-0.3, -0.25) is 4.79 Å². The number of carbonyl (C=O) groups excluding carboxylic acids is 1. The summed E-state index contributed by atoms with van der Waals surface area (Å²) in [6.07, 6.45) is 1.59. The van der Waals surface area contributed by atoms with Crippen molar-refractivity contribution in [2.45, 2.75) is 47.5 Å². The molecule has 0 saturated carbocycles. The molecular formula is C11H20O. The largest absolute Gasteiger partial charge is 0.299 e. The van der Waals surface area contributed by atoms with Gasteiger partial charge in [0.2, 0.25) is 0 Å². The van der Waals surface area contributed by atoms with Crippen LogP contribution in [0.1, 0.15) is 47.5 Å². The average Bonchev–Trinajstić information content (AvgIpc) is 2.02. The number of ketones is 1. The summed E-state index contributed by atoms with van der Waals surface area (Å²) in [5, 5.41) is 0. The van der Waals surface area contributed by atoms with Gasteiger partial charge in [-0.15, -0.1) is 0 Å². The predicted octanol–water partition coefficient (Wildman–Crippen LogP) is 3.35. The smallest absolute Gasteiger partial charge is 0.135 e. The summed E-state index contributed by atoms with van der Waals surface area (Å²) in [5.41, 5.74) is 2.69. The first-order chi connectivity index (χ1) is 5.49. The molecule has 0 radical (unpaired) electrons. The Hall–Kier alpha value is -0.590. The van der Waals surface area contributed by atoms with Crippen LogP contribution in [0.25, 0.3) is 0 Å². The molecule has 0 aromatic rings. The molecule has 1 unspecified atom stereocenters.